The molecule has 5 nitrogen and oxygen atoms in total. The number of nitrogens with one attached hydrogen (secondary N) is 1. The van der Waals surface area contributed by atoms with E-state index in [1.807, 2.05) is 56.3 Å². The van der Waals surface area contributed by atoms with Gasteiger partial charge in [-0.15, -0.1) is 11.8 Å². The number of hydrogen-bond acceptors (Lipinski definition) is 6. The summed E-state index contributed by atoms with van der Waals surface area (Å²) in [6.07, 6.45) is 0. The fourth-order valence-corrected chi connectivity index (χ4v) is 6.32. The Hall–Kier alpha value is -2.14. The van der Waals surface area contributed by atoms with Crippen molar-refractivity contribution >= 4 is 39.4 Å². The second-order valence-electron chi connectivity index (χ2n) is 8.11. The first-order chi connectivity index (χ1) is 15.3. The van der Waals surface area contributed by atoms with Crippen molar-refractivity contribution in [2.24, 2.45) is 11.8 Å². The quantitative estimate of drug-likeness (QED) is 0.415. The molecule has 5 unspecified atom stereocenters. The zero-order chi connectivity index (χ0) is 23.3. The zero-order valence-corrected chi connectivity index (χ0v) is 20.8. The topological polar surface area (TPSA) is 79.2 Å². The van der Waals surface area contributed by atoms with Crippen molar-refractivity contribution in [3.8, 4) is 6.07 Å². The summed E-state index contributed by atoms with van der Waals surface area (Å²) in [6.45, 7) is 5.98. The first-order valence-corrected chi connectivity index (χ1v) is 12.4. The minimum atomic E-state index is -0.774. The molecular weight excluding hydrogens is 488 g/mol. The van der Waals surface area contributed by atoms with Crippen molar-refractivity contribution in [3.63, 3.8) is 0 Å². The molecule has 1 N–H and O–H groups in total. The number of nitrogens with zero attached hydrogens (tertiary/aromatic N) is 1. The van der Waals surface area contributed by atoms with Crippen molar-refractivity contribution in [1.29, 1.82) is 5.26 Å². The number of benzene rings is 2. The fraction of sp³-hybridized carbons (Fsp3) is 0.400. The van der Waals surface area contributed by atoms with Crippen molar-refractivity contribution < 1.29 is 14.3 Å². The molecule has 2 aromatic rings. The van der Waals surface area contributed by atoms with Crippen LogP contribution in [0.1, 0.15) is 36.7 Å². The molecule has 0 aromatic heterocycles. The molecule has 32 heavy (non-hydrogen) atoms. The van der Waals surface area contributed by atoms with Crippen molar-refractivity contribution in [2.45, 2.75) is 37.6 Å². The van der Waals surface area contributed by atoms with Gasteiger partial charge in [0.25, 0.3) is 0 Å². The summed E-state index contributed by atoms with van der Waals surface area (Å²) < 4.78 is 6.26. The Morgan fingerprint density at radius 1 is 1.22 bits per heavy atom. The first kappa shape index (κ1) is 24.5. The maximum absolute atomic E-state index is 13.0. The highest BCUT2D eigenvalue weighted by Gasteiger charge is 2.56. The van der Waals surface area contributed by atoms with Gasteiger partial charge in [-0.3, -0.25) is 9.59 Å². The number of Topliss-reactive ketones (excluding diaryl/α,β-unsaturated/α-hetero) is 1. The Morgan fingerprint density at radius 2 is 1.94 bits per heavy atom. The smallest absolute Gasteiger partial charge is 0.311 e. The third-order valence-corrected chi connectivity index (χ3v) is 7.83. The molecular formula is C25H27BrN2O3S. The molecule has 5 atom stereocenters. The summed E-state index contributed by atoms with van der Waals surface area (Å²) >= 11 is 4.82. The number of carbonyl (C=O) groups is 2. The van der Waals surface area contributed by atoms with Gasteiger partial charge in [-0.2, -0.15) is 5.26 Å². The molecule has 1 heterocycles. The number of hydrogen-bond donors (Lipinski definition) is 1. The molecule has 0 bridgehead atoms. The summed E-state index contributed by atoms with van der Waals surface area (Å²) in [4.78, 5) is 25.8. The highest BCUT2D eigenvalue weighted by atomic mass is 79.9. The van der Waals surface area contributed by atoms with Crippen LogP contribution in [0.2, 0.25) is 0 Å². The van der Waals surface area contributed by atoms with Crippen LogP contribution in [-0.4, -0.2) is 35.5 Å². The van der Waals surface area contributed by atoms with Crippen molar-refractivity contribution in [2.75, 3.05) is 12.4 Å². The summed E-state index contributed by atoms with van der Waals surface area (Å²) in [5.41, 5.74) is 0.769. The predicted octanol–water partition coefficient (Wildman–Crippen LogP) is 4.96. The van der Waals surface area contributed by atoms with Crippen LogP contribution in [0.4, 0.5) is 0 Å². The number of piperidine rings is 1. The molecule has 1 aliphatic rings. The Morgan fingerprint density at radius 3 is 2.56 bits per heavy atom. The van der Waals surface area contributed by atoms with Crippen molar-refractivity contribution in [1.82, 2.24) is 5.32 Å². The van der Waals surface area contributed by atoms with E-state index in [2.05, 4.69) is 27.3 Å². The van der Waals surface area contributed by atoms with Gasteiger partial charge in [-0.25, -0.2) is 0 Å². The predicted molar refractivity (Wildman–Crippen MR) is 130 cm³/mol. The molecule has 0 amide bonds. The van der Waals surface area contributed by atoms with Crippen LogP contribution < -0.4 is 5.32 Å². The van der Waals surface area contributed by atoms with Crippen LogP contribution >= 0.6 is 27.7 Å². The maximum Gasteiger partial charge on any atom is 0.311 e. The van der Waals surface area contributed by atoms with Crippen LogP contribution in [0.15, 0.2) is 59.1 Å². The van der Waals surface area contributed by atoms with E-state index >= 15 is 0 Å². The normalized spacial score (nSPS) is 27.3. The van der Waals surface area contributed by atoms with Gasteiger partial charge in [0, 0.05) is 21.5 Å². The summed E-state index contributed by atoms with van der Waals surface area (Å²) in [5.74, 6) is -1.17. The second-order valence-corrected chi connectivity index (χ2v) is 10.2. The number of esters is 1. The Bertz CT molecular complexity index is 1010. The van der Waals surface area contributed by atoms with Gasteiger partial charge in [0.1, 0.15) is 0 Å². The second kappa shape index (κ2) is 10.7. The first-order valence-electron chi connectivity index (χ1n) is 10.6. The van der Waals surface area contributed by atoms with E-state index in [1.54, 1.807) is 19.1 Å². The van der Waals surface area contributed by atoms with E-state index in [4.69, 9.17) is 4.74 Å². The molecule has 0 radical (unpaired) electrons. The minimum absolute atomic E-state index is 0.00336. The van der Waals surface area contributed by atoms with Crippen LogP contribution in [-0.2, 0) is 14.9 Å². The van der Waals surface area contributed by atoms with Gasteiger partial charge in [-0.1, -0.05) is 65.3 Å². The summed E-state index contributed by atoms with van der Waals surface area (Å²) in [7, 11) is 0. The molecule has 0 spiro atoms. The molecule has 1 aliphatic heterocycles. The number of rotatable bonds is 7. The van der Waals surface area contributed by atoms with Crippen LogP contribution in [0.25, 0.3) is 0 Å². The van der Waals surface area contributed by atoms with E-state index in [0.717, 1.165) is 10.0 Å². The van der Waals surface area contributed by atoms with E-state index in [9.17, 15) is 14.9 Å². The number of ether oxygens (including phenoxy) is 1. The van der Waals surface area contributed by atoms with E-state index in [-0.39, 0.29) is 35.5 Å². The molecule has 1 fully saturated rings. The lowest BCUT2D eigenvalue weighted by Gasteiger charge is -2.50. The lowest BCUT2D eigenvalue weighted by Crippen LogP contribution is -2.63. The maximum atomic E-state index is 13.0. The number of halogens is 1. The lowest BCUT2D eigenvalue weighted by atomic mass is 9.59. The summed E-state index contributed by atoms with van der Waals surface area (Å²) in [5, 5.41) is 13.4. The van der Waals surface area contributed by atoms with E-state index in [1.165, 1.54) is 11.8 Å². The molecule has 168 valence electrons. The molecule has 7 heteroatoms. The summed E-state index contributed by atoms with van der Waals surface area (Å²) in [6, 6.07) is 19.2. The Balaban J connectivity index is 1.92. The van der Waals surface area contributed by atoms with E-state index < -0.39 is 17.3 Å². The zero-order valence-electron chi connectivity index (χ0n) is 18.4. The average Bonchev–Trinajstić information content (AvgIpc) is 2.78. The van der Waals surface area contributed by atoms with Gasteiger partial charge in [0.15, 0.2) is 5.78 Å². The highest BCUT2D eigenvalue weighted by Crippen LogP contribution is 2.48. The lowest BCUT2D eigenvalue weighted by molar-refractivity contribution is -0.154. The third-order valence-electron chi connectivity index (χ3n) is 6.14. The SMILES string of the molecule is CCOC(=O)C1C(C)NC(SCC(=O)c2cccc(Br)c2)C(C#N)C1(C)c1ccccc1. The Kier molecular flexibility index (Phi) is 8.16. The highest BCUT2D eigenvalue weighted by molar-refractivity contribution is 9.10. The van der Waals surface area contributed by atoms with Gasteiger partial charge in [0.05, 0.1) is 35.6 Å². The number of ketones is 1. The molecule has 2 aromatic carbocycles. The van der Waals surface area contributed by atoms with E-state index in [0.29, 0.717) is 5.56 Å². The molecule has 0 saturated carbocycles. The van der Waals surface area contributed by atoms with Gasteiger partial charge < -0.3 is 10.1 Å². The molecule has 1 saturated heterocycles. The van der Waals surface area contributed by atoms with Gasteiger partial charge >= 0.3 is 5.97 Å². The number of carbonyl (C=O) groups excluding carboxylic acids is 2. The van der Waals surface area contributed by atoms with Crippen molar-refractivity contribution in [3.05, 3.63) is 70.2 Å². The van der Waals surface area contributed by atoms with Crippen LogP contribution in [0.3, 0.4) is 0 Å². The number of thioether (sulfide) groups is 1. The molecule has 0 aliphatic carbocycles. The standard InChI is InChI=1S/C25H27BrN2O3S/c1-4-31-24(30)22-16(2)28-23(32-15-21(29)17-9-8-12-19(26)13-17)20(14-27)25(22,3)18-10-6-5-7-11-18/h5-13,16,20,22-23,28H,4,15H2,1-3H3. The largest absolute Gasteiger partial charge is 0.466 e. The van der Waals surface area contributed by atoms with Crippen LogP contribution in [0.5, 0.6) is 0 Å². The number of nitriles is 1. The Labute approximate surface area is 202 Å². The third kappa shape index (κ3) is 4.93. The fourth-order valence-electron chi connectivity index (χ4n) is 4.57. The van der Waals surface area contributed by atoms with Crippen LogP contribution in [0, 0.1) is 23.2 Å². The van der Waals surface area contributed by atoms with Gasteiger partial charge in [-0.05, 0) is 31.5 Å². The molecule has 3 rings (SSSR count). The monoisotopic (exact) mass is 514 g/mol. The minimum Gasteiger partial charge on any atom is -0.466 e. The van der Waals surface area contributed by atoms with Gasteiger partial charge in [0.2, 0.25) is 0 Å². The average molecular weight is 515 g/mol.